The number of benzene rings is 3. The highest BCUT2D eigenvalue weighted by Gasteiger charge is 2.42. The van der Waals surface area contributed by atoms with Gasteiger partial charge in [0.1, 0.15) is 17.1 Å². The van der Waals surface area contributed by atoms with Crippen molar-refractivity contribution in [2.24, 2.45) is 0 Å². The molecule has 4 aromatic rings. The lowest BCUT2D eigenvalue weighted by Crippen LogP contribution is -2.31. The predicted molar refractivity (Wildman–Crippen MR) is 128 cm³/mol. The predicted octanol–water partition coefficient (Wildman–Crippen LogP) is 6.04. The fourth-order valence-corrected chi connectivity index (χ4v) is 4.60. The van der Waals surface area contributed by atoms with Crippen molar-refractivity contribution < 1.29 is 18.3 Å². The third kappa shape index (κ3) is 3.83. The maximum atomic E-state index is 13.9. The first-order valence-electron chi connectivity index (χ1n) is 10.5. The van der Waals surface area contributed by atoms with Crippen molar-refractivity contribution in [2.75, 3.05) is 13.7 Å². The van der Waals surface area contributed by atoms with E-state index in [1.54, 1.807) is 30.2 Å². The van der Waals surface area contributed by atoms with Crippen molar-refractivity contribution >= 4 is 40.1 Å². The number of amides is 1. The molecule has 1 atom stereocenters. The zero-order chi connectivity index (χ0) is 24.0. The molecule has 0 bridgehead atoms. The number of fused-ring (bicyclic) bond motifs is 2. The summed E-state index contributed by atoms with van der Waals surface area (Å²) in [4.78, 5) is 28.5. The van der Waals surface area contributed by atoms with E-state index in [0.717, 1.165) is 17.4 Å². The van der Waals surface area contributed by atoms with E-state index in [4.69, 9.17) is 32.4 Å². The first-order valence-corrected chi connectivity index (χ1v) is 11.3. The molecule has 0 radical (unpaired) electrons. The minimum absolute atomic E-state index is 0.0464. The second kappa shape index (κ2) is 8.78. The summed E-state index contributed by atoms with van der Waals surface area (Å²) < 4.78 is 24.9. The molecule has 0 N–H and O–H groups in total. The van der Waals surface area contributed by atoms with Crippen LogP contribution in [0.3, 0.4) is 0 Å². The van der Waals surface area contributed by atoms with Gasteiger partial charge in [0.2, 0.25) is 5.76 Å². The molecule has 5 rings (SSSR count). The van der Waals surface area contributed by atoms with Crippen LogP contribution < -0.4 is 10.2 Å². The lowest BCUT2D eigenvalue weighted by molar-refractivity contribution is 0.0730. The van der Waals surface area contributed by atoms with E-state index in [1.165, 1.54) is 12.1 Å². The van der Waals surface area contributed by atoms with Crippen LogP contribution in [-0.2, 0) is 6.42 Å². The first-order chi connectivity index (χ1) is 16.4. The molecule has 0 fully saturated rings. The maximum Gasteiger partial charge on any atom is 0.290 e. The fraction of sp³-hybridized carbons (Fsp3) is 0.154. The van der Waals surface area contributed by atoms with Gasteiger partial charge in [0, 0.05) is 6.54 Å². The standard InChI is InChI=1S/C26H18Cl2FNO4/c1-33-17-6-2-14(3-7-17)10-11-30-23(15-4-8-19(27)20(28)12-15)22-24(31)18-13-16(29)5-9-21(18)34-25(22)26(30)32/h2-9,12-13,23H,10-11H2,1H3/t23-/m0/s1. The number of carbonyl (C=O) groups is 1. The summed E-state index contributed by atoms with van der Waals surface area (Å²) in [6.07, 6.45) is 0.532. The summed E-state index contributed by atoms with van der Waals surface area (Å²) in [7, 11) is 1.59. The van der Waals surface area contributed by atoms with Crippen LogP contribution >= 0.6 is 23.2 Å². The van der Waals surface area contributed by atoms with Crippen molar-refractivity contribution in [3.05, 3.63) is 109 Å². The first kappa shape index (κ1) is 22.4. The van der Waals surface area contributed by atoms with Crippen LogP contribution in [0, 0.1) is 5.82 Å². The molecule has 2 heterocycles. The Bertz CT molecular complexity index is 1480. The smallest absolute Gasteiger partial charge is 0.290 e. The van der Waals surface area contributed by atoms with Crippen molar-refractivity contribution in [1.29, 1.82) is 0 Å². The summed E-state index contributed by atoms with van der Waals surface area (Å²) in [6, 6.07) is 15.4. The summed E-state index contributed by atoms with van der Waals surface area (Å²) >= 11 is 12.4. The second-order valence-corrected chi connectivity index (χ2v) is 8.80. The lowest BCUT2D eigenvalue weighted by atomic mass is 9.98. The minimum Gasteiger partial charge on any atom is -0.497 e. The van der Waals surface area contributed by atoms with Gasteiger partial charge in [0.05, 0.1) is 34.1 Å². The van der Waals surface area contributed by atoms with Gasteiger partial charge in [-0.3, -0.25) is 9.59 Å². The second-order valence-electron chi connectivity index (χ2n) is 7.99. The van der Waals surface area contributed by atoms with Gasteiger partial charge in [-0.15, -0.1) is 0 Å². The molecule has 1 amide bonds. The third-order valence-electron chi connectivity index (χ3n) is 5.99. The SMILES string of the molecule is COc1ccc(CCN2C(=O)c3oc4ccc(F)cc4c(=O)c3[C@@H]2c2ccc(Cl)c(Cl)c2)cc1. The van der Waals surface area contributed by atoms with E-state index in [0.29, 0.717) is 28.6 Å². The topological polar surface area (TPSA) is 59.8 Å². The van der Waals surface area contributed by atoms with E-state index in [9.17, 15) is 14.0 Å². The number of nitrogens with zero attached hydrogens (tertiary/aromatic N) is 1. The number of hydrogen-bond acceptors (Lipinski definition) is 4. The Morgan fingerprint density at radius 2 is 1.76 bits per heavy atom. The fourth-order valence-electron chi connectivity index (χ4n) is 4.29. The quantitative estimate of drug-likeness (QED) is 0.337. The van der Waals surface area contributed by atoms with Crippen LogP contribution in [0.1, 0.15) is 33.3 Å². The average molecular weight is 498 g/mol. The van der Waals surface area contributed by atoms with Gasteiger partial charge < -0.3 is 14.1 Å². The highest BCUT2D eigenvalue weighted by molar-refractivity contribution is 6.42. The molecule has 8 heteroatoms. The van der Waals surface area contributed by atoms with E-state index < -0.39 is 23.2 Å². The van der Waals surface area contributed by atoms with Crippen molar-refractivity contribution in [3.63, 3.8) is 0 Å². The summed E-state index contributed by atoms with van der Waals surface area (Å²) in [5, 5.41) is 0.729. The van der Waals surface area contributed by atoms with Gasteiger partial charge in [-0.1, -0.05) is 41.4 Å². The number of carbonyl (C=O) groups excluding carboxylic acids is 1. The summed E-state index contributed by atoms with van der Waals surface area (Å²) in [5.41, 5.74) is 1.47. The van der Waals surface area contributed by atoms with E-state index in [-0.39, 0.29) is 22.3 Å². The Kier molecular flexibility index (Phi) is 5.80. The Balaban J connectivity index is 1.62. The number of rotatable bonds is 5. The molecule has 0 aliphatic carbocycles. The lowest BCUT2D eigenvalue weighted by Gasteiger charge is -2.25. The van der Waals surface area contributed by atoms with Gasteiger partial charge in [-0.05, 0) is 60.0 Å². The normalized spacial score (nSPS) is 15.1. The molecule has 34 heavy (non-hydrogen) atoms. The molecular formula is C26H18Cl2FNO4. The van der Waals surface area contributed by atoms with Crippen LogP contribution in [0.5, 0.6) is 5.75 Å². The molecule has 0 unspecified atom stereocenters. The molecule has 0 spiro atoms. The van der Waals surface area contributed by atoms with Crippen LogP contribution in [-0.4, -0.2) is 24.5 Å². The van der Waals surface area contributed by atoms with Gasteiger partial charge in [-0.2, -0.15) is 0 Å². The Labute approximate surface area is 204 Å². The molecule has 5 nitrogen and oxygen atoms in total. The largest absolute Gasteiger partial charge is 0.497 e. The monoisotopic (exact) mass is 497 g/mol. The average Bonchev–Trinajstić information content (AvgIpc) is 3.12. The van der Waals surface area contributed by atoms with E-state index in [2.05, 4.69) is 0 Å². The van der Waals surface area contributed by atoms with Crippen molar-refractivity contribution in [1.82, 2.24) is 4.90 Å². The van der Waals surface area contributed by atoms with Crippen LogP contribution in [0.15, 0.2) is 69.9 Å². The van der Waals surface area contributed by atoms with Crippen molar-refractivity contribution in [2.45, 2.75) is 12.5 Å². The molecule has 0 saturated carbocycles. The molecular weight excluding hydrogens is 480 g/mol. The van der Waals surface area contributed by atoms with E-state index >= 15 is 0 Å². The van der Waals surface area contributed by atoms with Crippen LogP contribution in [0.2, 0.25) is 10.0 Å². The molecule has 1 aliphatic rings. The zero-order valence-corrected chi connectivity index (χ0v) is 19.5. The number of halogens is 3. The highest BCUT2D eigenvalue weighted by Crippen LogP contribution is 2.40. The van der Waals surface area contributed by atoms with Crippen molar-refractivity contribution in [3.8, 4) is 5.75 Å². The van der Waals surface area contributed by atoms with Crippen LogP contribution in [0.4, 0.5) is 4.39 Å². The molecule has 1 aliphatic heterocycles. The maximum absolute atomic E-state index is 13.9. The van der Waals surface area contributed by atoms with Gasteiger partial charge >= 0.3 is 0 Å². The molecule has 3 aromatic carbocycles. The highest BCUT2D eigenvalue weighted by atomic mass is 35.5. The summed E-state index contributed by atoms with van der Waals surface area (Å²) in [6.45, 7) is 0.310. The number of methoxy groups -OCH3 is 1. The number of ether oxygens (including phenoxy) is 1. The van der Waals surface area contributed by atoms with Crippen LogP contribution in [0.25, 0.3) is 11.0 Å². The van der Waals surface area contributed by atoms with Gasteiger partial charge in [0.15, 0.2) is 5.43 Å². The molecule has 0 saturated heterocycles. The van der Waals surface area contributed by atoms with Gasteiger partial charge in [-0.25, -0.2) is 4.39 Å². The molecule has 172 valence electrons. The Hall–Kier alpha value is -3.35. The minimum atomic E-state index is -0.751. The Morgan fingerprint density at radius 3 is 2.47 bits per heavy atom. The summed E-state index contributed by atoms with van der Waals surface area (Å²) in [5.74, 6) is -0.292. The zero-order valence-electron chi connectivity index (χ0n) is 18.0. The van der Waals surface area contributed by atoms with E-state index in [1.807, 2.05) is 24.3 Å². The molecule has 1 aromatic heterocycles. The third-order valence-corrected chi connectivity index (χ3v) is 6.73. The Morgan fingerprint density at radius 1 is 1.00 bits per heavy atom. The van der Waals surface area contributed by atoms with Gasteiger partial charge in [0.25, 0.3) is 5.91 Å². The number of hydrogen-bond donors (Lipinski definition) is 0.